The van der Waals surface area contributed by atoms with Crippen LogP contribution in [0.2, 0.25) is 0 Å². The van der Waals surface area contributed by atoms with Crippen LogP contribution < -0.4 is 0 Å². The van der Waals surface area contributed by atoms with E-state index in [9.17, 15) is 13.2 Å². The SMILES string of the molecule is C=COC(C)=O.O=S(=O)(O)c1ccccc1. The summed E-state index contributed by atoms with van der Waals surface area (Å²) in [5.74, 6) is -0.329. The lowest BCUT2D eigenvalue weighted by atomic mass is 10.4. The Morgan fingerprint density at radius 3 is 2.06 bits per heavy atom. The van der Waals surface area contributed by atoms with E-state index >= 15 is 0 Å². The third kappa shape index (κ3) is 6.74. The van der Waals surface area contributed by atoms with Crippen molar-refractivity contribution in [3.05, 3.63) is 43.2 Å². The van der Waals surface area contributed by atoms with Gasteiger partial charge in [0.05, 0.1) is 11.2 Å². The number of hydrogen-bond donors (Lipinski definition) is 1. The Morgan fingerprint density at radius 1 is 1.38 bits per heavy atom. The number of esters is 1. The normalized spacial score (nSPS) is 9.62. The van der Waals surface area contributed by atoms with Gasteiger partial charge in [-0.25, -0.2) is 0 Å². The lowest BCUT2D eigenvalue weighted by Crippen LogP contribution is -1.96. The summed E-state index contributed by atoms with van der Waals surface area (Å²) in [6, 6.07) is 7.42. The molecule has 1 aromatic carbocycles. The lowest BCUT2D eigenvalue weighted by molar-refractivity contribution is -0.135. The summed E-state index contributed by atoms with van der Waals surface area (Å²) < 4.78 is 33.4. The number of hydrogen-bond acceptors (Lipinski definition) is 4. The van der Waals surface area contributed by atoms with Crippen molar-refractivity contribution >= 4 is 16.1 Å². The van der Waals surface area contributed by atoms with Crippen LogP contribution in [0.5, 0.6) is 0 Å². The molecule has 16 heavy (non-hydrogen) atoms. The second-order valence-electron chi connectivity index (χ2n) is 2.56. The molecule has 0 saturated heterocycles. The van der Waals surface area contributed by atoms with E-state index in [4.69, 9.17) is 4.55 Å². The number of rotatable bonds is 2. The Morgan fingerprint density at radius 2 is 1.88 bits per heavy atom. The molecule has 1 rings (SSSR count). The average Bonchev–Trinajstić information content (AvgIpc) is 2.18. The van der Waals surface area contributed by atoms with Gasteiger partial charge in [-0.3, -0.25) is 9.35 Å². The van der Waals surface area contributed by atoms with Crippen molar-refractivity contribution in [2.75, 3.05) is 0 Å². The maximum atomic E-state index is 10.4. The fourth-order valence-corrected chi connectivity index (χ4v) is 1.21. The molecular formula is C10H12O5S. The first kappa shape index (κ1) is 14.3. The molecule has 0 radical (unpaired) electrons. The molecule has 0 saturated carbocycles. The van der Waals surface area contributed by atoms with Crippen molar-refractivity contribution in [1.29, 1.82) is 0 Å². The Kier molecular flexibility index (Phi) is 6.06. The molecule has 0 bridgehead atoms. The van der Waals surface area contributed by atoms with Crippen molar-refractivity contribution in [1.82, 2.24) is 0 Å². The van der Waals surface area contributed by atoms with E-state index in [0.717, 1.165) is 6.26 Å². The molecule has 88 valence electrons. The zero-order valence-corrected chi connectivity index (χ0v) is 9.48. The van der Waals surface area contributed by atoms with E-state index in [1.54, 1.807) is 18.2 Å². The molecule has 0 aromatic heterocycles. The first-order valence-corrected chi connectivity index (χ1v) is 5.62. The van der Waals surface area contributed by atoms with Gasteiger partial charge in [-0.1, -0.05) is 24.8 Å². The molecule has 0 unspecified atom stereocenters. The topological polar surface area (TPSA) is 80.7 Å². The van der Waals surface area contributed by atoms with Gasteiger partial charge in [-0.15, -0.1) is 0 Å². The zero-order chi connectivity index (χ0) is 12.6. The number of ether oxygens (including phenoxy) is 1. The molecule has 0 aliphatic rings. The largest absolute Gasteiger partial charge is 0.435 e. The lowest BCUT2D eigenvalue weighted by Gasteiger charge is -1.92. The highest BCUT2D eigenvalue weighted by atomic mass is 32.2. The second-order valence-corrected chi connectivity index (χ2v) is 3.99. The molecule has 5 nitrogen and oxygen atoms in total. The molecule has 1 aromatic rings. The van der Waals surface area contributed by atoms with E-state index in [2.05, 4.69) is 11.3 Å². The van der Waals surface area contributed by atoms with Gasteiger partial charge in [-0.05, 0) is 12.1 Å². The molecule has 0 fully saturated rings. The first-order valence-electron chi connectivity index (χ1n) is 4.18. The quantitative estimate of drug-likeness (QED) is 0.486. The van der Waals surface area contributed by atoms with E-state index in [-0.39, 0.29) is 10.9 Å². The van der Waals surface area contributed by atoms with Crippen molar-refractivity contribution in [3.63, 3.8) is 0 Å². The van der Waals surface area contributed by atoms with Gasteiger partial charge < -0.3 is 4.74 Å². The Labute approximate surface area is 94.1 Å². The minimum Gasteiger partial charge on any atom is -0.435 e. The maximum absolute atomic E-state index is 10.4. The van der Waals surface area contributed by atoms with Crippen LogP contribution in [-0.2, 0) is 19.6 Å². The van der Waals surface area contributed by atoms with Gasteiger partial charge in [0, 0.05) is 6.92 Å². The fourth-order valence-electron chi connectivity index (χ4n) is 0.710. The van der Waals surface area contributed by atoms with Gasteiger partial charge in [0.15, 0.2) is 0 Å². The maximum Gasteiger partial charge on any atom is 0.307 e. The number of carbonyl (C=O) groups excluding carboxylic acids is 1. The van der Waals surface area contributed by atoms with Gasteiger partial charge in [0.2, 0.25) is 0 Å². The summed E-state index contributed by atoms with van der Waals surface area (Å²) in [6.07, 6.45) is 1.10. The molecule has 6 heteroatoms. The third-order valence-corrected chi connectivity index (χ3v) is 2.16. The first-order chi connectivity index (χ1) is 7.38. The van der Waals surface area contributed by atoms with E-state index in [0.29, 0.717) is 0 Å². The molecule has 0 aliphatic carbocycles. The van der Waals surface area contributed by atoms with Crippen molar-refractivity contribution in [2.24, 2.45) is 0 Å². The van der Waals surface area contributed by atoms with Gasteiger partial charge in [0.1, 0.15) is 0 Å². The van der Waals surface area contributed by atoms with Crippen LogP contribution in [0.1, 0.15) is 6.92 Å². The Hall–Kier alpha value is -1.66. The number of carbonyl (C=O) groups is 1. The Bertz CT molecular complexity index is 436. The zero-order valence-electron chi connectivity index (χ0n) is 8.66. The van der Waals surface area contributed by atoms with Crippen LogP contribution in [0, 0.1) is 0 Å². The molecule has 0 heterocycles. The summed E-state index contributed by atoms with van der Waals surface area (Å²) in [5.41, 5.74) is 0. The number of benzene rings is 1. The predicted octanol–water partition coefficient (Wildman–Crippen LogP) is 1.63. The molecule has 0 amide bonds. The summed E-state index contributed by atoms with van der Waals surface area (Å²) in [7, 11) is -4.00. The molecular weight excluding hydrogens is 232 g/mol. The van der Waals surface area contributed by atoms with Crippen LogP contribution in [-0.4, -0.2) is 18.9 Å². The van der Waals surface area contributed by atoms with Crippen LogP contribution in [0.3, 0.4) is 0 Å². The summed E-state index contributed by atoms with van der Waals surface area (Å²) in [6.45, 7) is 4.48. The van der Waals surface area contributed by atoms with Crippen LogP contribution >= 0.6 is 0 Å². The van der Waals surface area contributed by atoms with E-state index in [1.807, 2.05) is 0 Å². The van der Waals surface area contributed by atoms with Crippen molar-refractivity contribution in [2.45, 2.75) is 11.8 Å². The van der Waals surface area contributed by atoms with Crippen LogP contribution in [0.4, 0.5) is 0 Å². The minimum atomic E-state index is -4.00. The summed E-state index contributed by atoms with van der Waals surface area (Å²) >= 11 is 0. The van der Waals surface area contributed by atoms with Crippen molar-refractivity contribution in [3.8, 4) is 0 Å². The van der Waals surface area contributed by atoms with Crippen LogP contribution in [0.25, 0.3) is 0 Å². The monoisotopic (exact) mass is 244 g/mol. The summed E-state index contributed by atoms with van der Waals surface area (Å²) in [5, 5.41) is 0. The Balaban J connectivity index is 0.000000325. The van der Waals surface area contributed by atoms with E-state index in [1.165, 1.54) is 19.1 Å². The molecule has 1 N–H and O–H groups in total. The average molecular weight is 244 g/mol. The highest BCUT2D eigenvalue weighted by Crippen LogP contribution is 2.05. The smallest absolute Gasteiger partial charge is 0.307 e. The van der Waals surface area contributed by atoms with Gasteiger partial charge in [-0.2, -0.15) is 8.42 Å². The predicted molar refractivity (Wildman–Crippen MR) is 58.2 cm³/mol. The van der Waals surface area contributed by atoms with Gasteiger partial charge >= 0.3 is 5.97 Å². The van der Waals surface area contributed by atoms with Gasteiger partial charge in [0.25, 0.3) is 10.1 Å². The highest BCUT2D eigenvalue weighted by molar-refractivity contribution is 7.85. The standard InChI is InChI=1S/C6H6O3S.C4H6O2/c7-10(8,9)6-4-2-1-3-5-6;1-3-6-4(2)5/h1-5H,(H,7,8,9);3H,1H2,2H3. The highest BCUT2D eigenvalue weighted by Gasteiger charge is 2.05. The minimum absolute atomic E-state index is 0.0741. The summed E-state index contributed by atoms with van der Waals surface area (Å²) in [4.78, 5) is 9.68. The fraction of sp³-hybridized carbons (Fsp3) is 0.100. The molecule has 0 atom stereocenters. The molecule has 0 aliphatic heterocycles. The van der Waals surface area contributed by atoms with E-state index < -0.39 is 10.1 Å². The van der Waals surface area contributed by atoms with Crippen molar-refractivity contribution < 1.29 is 22.5 Å². The second kappa shape index (κ2) is 6.76. The molecule has 0 spiro atoms. The van der Waals surface area contributed by atoms with Crippen LogP contribution in [0.15, 0.2) is 48.1 Å². The third-order valence-electron chi connectivity index (χ3n) is 1.29.